The average molecular weight is 739 g/mol. The summed E-state index contributed by atoms with van der Waals surface area (Å²) in [6.45, 7) is 19.6. The molecule has 0 saturated heterocycles. The third-order valence-corrected chi connectivity index (χ3v) is 11.1. The Labute approximate surface area is 320 Å². The standard InChI is InChI=1S/C45H86O7/c1-37(2)19-12-24-40(5,47)26-14-28-42(7,49)30-16-32-44(9,51)34-18-35-45(10,52)33-17-31-43(8,50)29-15-27-41(6,48)25-13-22-38(3)20-11-21-39(4)23-36-46/h19-20,23,46-52H,11-18,21-22,24-36H2,1-10H3/b38-20+,39-23+/t40-,41-,42-,43-,44+,45-/m1/s1. The summed E-state index contributed by atoms with van der Waals surface area (Å²) in [4.78, 5) is 0. The molecule has 0 rings (SSSR count). The molecule has 0 unspecified atom stereocenters. The summed E-state index contributed by atoms with van der Waals surface area (Å²) in [6.07, 6.45) is 22.0. The van der Waals surface area contributed by atoms with Gasteiger partial charge in [0.2, 0.25) is 0 Å². The van der Waals surface area contributed by atoms with E-state index in [2.05, 4.69) is 32.9 Å². The summed E-state index contributed by atoms with van der Waals surface area (Å²) in [5.74, 6) is 0. The van der Waals surface area contributed by atoms with Crippen molar-refractivity contribution in [3.63, 3.8) is 0 Å². The molecule has 0 aliphatic heterocycles. The zero-order valence-electron chi connectivity index (χ0n) is 35.6. The van der Waals surface area contributed by atoms with Gasteiger partial charge in [-0.1, -0.05) is 34.9 Å². The van der Waals surface area contributed by atoms with Gasteiger partial charge in [0.1, 0.15) is 0 Å². The molecule has 0 spiro atoms. The maximum Gasteiger partial charge on any atom is 0.0622 e. The number of rotatable bonds is 31. The summed E-state index contributed by atoms with van der Waals surface area (Å²) < 4.78 is 0. The van der Waals surface area contributed by atoms with E-state index in [9.17, 15) is 30.6 Å². The zero-order valence-corrected chi connectivity index (χ0v) is 35.6. The largest absolute Gasteiger partial charge is 0.392 e. The van der Waals surface area contributed by atoms with Crippen LogP contribution in [-0.2, 0) is 0 Å². The lowest BCUT2D eigenvalue weighted by Gasteiger charge is -2.30. The van der Waals surface area contributed by atoms with Crippen LogP contribution < -0.4 is 0 Å². The van der Waals surface area contributed by atoms with E-state index in [1.165, 1.54) is 16.7 Å². The summed E-state index contributed by atoms with van der Waals surface area (Å²) in [5.41, 5.74) is -1.10. The van der Waals surface area contributed by atoms with Crippen molar-refractivity contribution < 1.29 is 35.7 Å². The molecule has 7 heteroatoms. The highest BCUT2D eigenvalue weighted by atomic mass is 16.3. The Balaban J connectivity index is 4.36. The minimum absolute atomic E-state index is 0.0920. The zero-order chi connectivity index (χ0) is 40.1. The molecule has 0 aromatic carbocycles. The SMILES string of the molecule is CC(C)=CCC[C@@](C)(O)CCC[C@@](C)(O)CCC[C@](C)(O)CCC[C@](C)(O)CCC[C@](C)(O)CCC[C@](C)(O)CCC/C(C)=C/CC/C(C)=C/CO. The highest BCUT2D eigenvalue weighted by Gasteiger charge is 2.29. The molecule has 0 amide bonds. The third-order valence-electron chi connectivity index (χ3n) is 11.1. The van der Waals surface area contributed by atoms with E-state index in [-0.39, 0.29) is 6.61 Å². The Bertz CT molecular complexity index is 1040. The third kappa shape index (κ3) is 29.3. The summed E-state index contributed by atoms with van der Waals surface area (Å²) >= 11 is 0. The van der Waals surface area contributed by atoms with Crippen molar-refractivity contribution in [1.29, 1.82) is 0 Å². The van der Waals surface area contributed by atoms with Gasteiger partial charge in [0.25, 0.3) is 0 Å². The molecule has 6 atom stereocenters. The molecular weight excluding hydrogens is 652 g/mol. The number of aliphatic hydroxyl groups is 7. The van der Waals surface area contributed by atoms with Crippen molar-refractivity contribution in [2.24, 2.45) is 0 Å². The van der Waals surface area contributed by atoms with Gasteiger partial charge < -0.3 is 35.7 Å². The van der Waals surface area contributed by atoms with Crippen LogP contribution in [0.5, 0.6) is 0 Å². The molecule has 0 fully saturated rings. The van der Waals surface area contributed by atoms with Crippen LogP contribution in [0.3, 0.4) is 0 Å². The first-order valence-electron chi connectivity index (χ1n) is 20.7. The maximum atomic E-state index is 11.0. The van der Waals surface area contributed by atoms with Crippen LogP contribution in [-0.4, -0.2) is 76.0 Å². The van der Waals surface area contributed by atoms with Gasteiger partial charge in [0.05, 0.1) is 40.2 Å². The minimum atomic E-state index is -0.867. The molecule has 7 nitrogen and oxygen atoms in total. The molecule has 0 saturated carbocycles. The molecule has 0 heterocycles. The molecule has 0 aromatic rings. The minimum Gasteiger partial charge on any atom is -0.392 e. The lowest BCUT2D eigenvalue weighted by molar-refractivity contribution is -0.00728. The second kappa shape index (κ2) is 24.5. The lowest BCUT2D eigenvalue weighted by Crippen LogP contribution is -2.31. The van der Waals surface area contributed by atoms with Crippen LogP contribution in [0.15, 0.2) is 34.9 Å². The van der Waals surface area contributed by atoms with Gasteiger partial charge in [0.15, 0.2) is 0 Å². The van der Waals surface area contributed by atoms with Crippen LogP contribution in [0.2, 0.25) is 0 Å². The smallest absolute Gasteiger partial charge is 0.0622 e. The molecule has 7 N–H and O–H groups in total. The highest BCUT2D eigenvalue weighted by Crippen LogP contribution is 2.32. The number of allylic oxidation sites excluding steroid dienone is 5. The van der Waals surface area contributed by atoms with Gasteiger partial charge >= 0.3 is 0 Å². The Morgan fingerprint density at radius 2 is 0.654 bits per heavy atom. The summed E-state index contributed by atoms with van der Waals surface area (Å²) in [7, 11) is 0. The summed E-state index contributed by atoms with van der Waals surface area (Å²) in [6, 6.07) is 0. The van der Waals surface area contributed by atoms with Crippen LogP contribution in [0, 0.1) is 0 Å². The summed E-state index contributed by atoms with van der Waals surface area (Å²) in [5, 5.41) is 74.5. The molecule has 0 aliphatic carbocycles. The quantitative estimate of drug-likeness (QED) is 0.0351. The average Bonchev–Trinajstić information content (AvgIpc) is 2.95. The van der Waals surface area contributed by atoms with Gasteiger partial charge in [-0.15, -0.1) is 0 Å². The van der Waals surface area contributed by atoms with Crippen molar-refractivity contribution in [2.75, 3.05) is 6.61 Å². The van der Waals surface area contributed by atoms with E-state index < -0.39 is 33.6 Å². The van der Waals surface area contributed by atoms with E-state index in [0.29, 0.717) is 83.5 Å². The fraction of sp³-hybridized carbons (Fsp3) is 0.867. The predicted molar refractivity (Wildman–Crippen MR) is 219 cm³/mol. The Morgan fingerprint density at radius 1 is 0.365 bits per heavy atom. The van der Waals surface area contributed by atoms with E-state index in [1.807, 2.05) is 54.5 Å². The monoisotopic (exact) mass is 739 g/mol. The second-order valence-electron chi connectivity index (χ2n) is 18.7. The molecule has 308 valence electrons. The van der Waals surface area contributed by atoms with E-state index in [4.69, 9.17) is 5.11 Å². The van der Waals surface area contributed by atoms with Gasteiger partial charge in [-0.25, -0.2) is 0 Å². The normalized spacial score (nSPS) is 19.9. The molecule has 0 aromatic heterocycles. The second-order valence-corrected chi connectivity index (χ2v) is 18.7. The number of aliphatic hydroxyl groups excluding tert-OH is 1. The van der Waals surface area contributed by atoms with Crippen molar-refractivity contribution in [3.05, 3.63) is 34.9 Å². The van der Waals surface area contributed by atoms with E-state index in [1.54, 1.807) is 0 Å². The topological polar surface area (TPSA) is 142 Å². The van der Waals surface area contributed by atoms with Gasteiger partial charge in [-0.2, -0.15) is 0 Å². The molecule has 0 radical (unpaired) electrons. The van der Waals surface area contributed by atoms with Crippen LogP contribution in [0.1, 0.15) is 210 Å². The first-order valence-corrected chi connectivity index (χ1v) is 20.7. The molecule has 52 heavy (non-hydrogen) atoms. The van der Waals surface area contributed by atoms with Gasteiger partial charge in [-0.05, 0) is 210 Å². The van der Waals surface area contributed by atoms with Crippen molar-refractivity contribution >= 4 is 0 Å². The Hall–Kier alpha value is -1.06. The maximum absolute atomic E-state index is 11.0. The Kier molecular flexibility index (Phi) is 24.0. The fourth-order valence-electron chi connectivity index (χ4n) is 7.33. The molecule has 0 aliphatic rings. The van der Waals surface area contributed by atoms with E-state index in [0.717, 1.165) is 57.8 Å². The van der Waals surface area contributed by atoms with E-state index >= 15 is 0 Å². The van der Waals surface area contributed by atoms with Crippen molar-refractivity contribution in [3.8, 4) is 0 Å². The predicted octanol–water partition coefficient (Wildman–Crippen LogP) is 9.93. The number of hydrogen-bond donors (Lipinski definition) is 7. The Morgan fingerprint density at radius 3 is 0.962 bits per heavy atom. The fourth-order valence-corrected chi connectivity index (χ4v) is 7.33. The molecular formula is C45H86O7. The van der Waals surface area contributed by atoms with Crippen LogP contribution >= 0.6 is 0 Å². The highest BCUT2D eigenvalue weighted by molar-refractivity contribution is 5.03. The van der Waals surface area contributed by atoms with Crippen molar-refractivity contribution in [1.82, 2.24) is 0 Å². The van der Waals surface area contributed by atoms with Gasteiger partial charge in [-0.3, -0.25) is 0 Å². The first-order chi connectivity index (χ1) is 23.8. The van der Waals surface area contributed by atoms with Crippen LogP contribution in [0.25, 0.3) is 0 Å². The lowest BCUT2D eigenvalue weighted by atomic mass is 9.83. The first kappa shape index (κ1) is 50.9. The molecule has 0 bridgehead atoms. The van der Waals surface area contributed by atoms with Gasteiger partial charge in [0, 0.05) is 0 Å². The van der Waals surface area contributed by atoms with Crippen LogP contribution in [0.4, 0.5) is 0 Å². The number of hydrogen-bond acceptors (Lipinski definition) is 7. The van der Waals surface area contributed by atoms with Crippen molar-refractivity contribution in [2.45, 2.75) is 244 Å².